The fourth-order valence-corrected chi connectivity index (χ4v) is 3.03. The molecule has 1 aliphatic carbocycles. The van der Waals surface area contributed by atoms with Crippen LogP contribution in [0.25, 0.3) is 0 Å². The Morgan fingerprint density at radius 2 is 2.04 bits per heavy atom. The number of aliphatic imine (C=N–C) groups is 1. The number of likely N-dealkylation sites (N-methyl/N-ethyl adjacent to an activating group) is 1. The van der Waals surface area contributed by atoms with Crippen LogP contribution in [-0.2, 0) is 11.3 Å². The molecule has 7 heteroatoms. The molecular formula is C20H33IN4O2. The highest BCUT2D eigenvalue weighted by Gasteiger charge is 2.34. The van der Waals surface area contributed by atoms with Gasteiger partial charge in [-0.05, 0) is 42.4 Å². The summed E-state index contributed by atoms with van der Waals surface area (Å²) in [5.41, 5.74) is 1.53. The van der Waals surface area contributed by atoms with Crippen molar-refractivity contribution in [2.75, 3.05) is 34.3 Å². The van der Waals surface area contributed by atoms with Crippen molar-refractivity contribution >= 4 is 35.8 Å². The summed E-state index contributed by atoms with van der Waals surface area (Å²) in [4.78, 5) is 17.5. The molecule has 0 heterocycles. The van der Waals surface area contributed by atoms with Crippen molar-refractivity contribution in [1.82, 2.24) is 15.5 Å². The number of nitrogens with one attached hydrogen (secondary N) is 2. The molecule has 152 valence electrons. The number of halogens is 1. The smallest absolute Gasteiger partial charge is 0.259 e. The molecule has 2 N–H and O–H groups in total. The number of carbonyl (C=O) groups is 1. The molecule has 0 atom stereocenters. The van der Waals surface area contributed by atoms with Crippen molar-refractivity contribution in [2.24, 2.45) is 10.4 Å². The minimum Gasteiger partial charge on any atom is -0.484 e. The van der Waals surface area contributed by atoms with E-state index in [1.807, 2.05) is 24.3 Å². The summed E-state index contributed by atoms with van der Waals surface area (Å²) in [7, 11) is 5.23. The fourth-order valence-electron chi connectivity index (χ4n) is 3.03. The fraction of sp³-hybridized carbons (Fsp3) is 0.600. The van der Waals surface area contributed by atoms with Gasteiger partial charge in [0, 0.05) is 34.2 Å². The predicted molar refractivity (Wildman–Crippen MR) is 121 cm³/mol. The third-order valence-corrected chi connectivity index (χ3v) is 5.24. The van der Waals surface area contributed by atoms with Crippen LogP contribution in [0.4, 0.5) is 0 Å². The number of ether oxygens (including phenoxy) is 1. The molecule has 0 radical (unpaired) electrons. The second kappa shape index (κ2) is 11.4. The molecule has 2 rings (SSSR count). The number of nitrogens with zero attached hydrogens (tertiary/aromatic N) is 2. The van der Waals surface area contributed by atoms with Crippen LogP contribution in [-0.4, -0.2) is 51.1 Å². The first-order chi connectivity index (χ1) is 12.5. The van der Waals surface area contributed by atoms with E-state index in [1.54, 1.807) is 21.1 Å². The second-order valence-corrected chi connectivity index (χ2v) is 7.21. The van der Waals surface area contributed by atoms with Gasteiger partial charge >= 0.3 is 0 Å². The predicted octanol–water partition coefficient (Wildman–Crippen LogP) is 3.02. The van der Waals surface area contributed by atoms with Crippen molar-refractivity contribution < 1.29 is 9.53 Å². The molecule has 1 amide bonds. The molecule has 27 heavy (non-hydrogen) atoms. The molecular weight excluding hydrogens is 455 g/mol. The number of hydrogen-bond acceptors (Lipinski definition) is 3. The van der Waals surface area contributed by atoms with Crippen LogP contribution in [0, 0.1) is 5.41 Å². The molecule has 0 bridgehead atoms. The van der Waals surface area contributed by atoms with E-state index in [1.165, 1.54) is 30.6 Å². The number of hydrogen-bond donors (Lipinski definition) is 2. The third kappa shape index (κ3) is 7.20. The summed E-state index contributed by atoms with van der Waals surface area (Å²) in [5.74, 6) is 1.46. The lowest BCUT2D eigenvalue weighted by atomic mass is 9.67. The number of guanidine groups is 1. The maximum absolute atomic E-state index is 11.6. The first kappa shape index (κ1) is 23.5. The molecule has 1 aromatic rings. The monoisotopic (exact) mass is 488 g/mol. The van der Waals surface area contributed by atoms with Gasteiger partial charge in [0.1, 0.15) is 5.75 Å². The molecule has 6 nitrogen and oxygen atoms in total. The Bertz CT molecular complexity index is 625. The van der Waals surface area contributed by atoms with Gasteiger partial charge in [-0.3, -0.25) is 9.79 Å². The number of amides is 1. The summed E-state index contributed by atoms with van der Waals surface area (Å²) in [6.45, 7) is 3.94. The lowest BCUT2D eigenvalue weighted by Gasteiger charge is -2.41. The maximum atomic E-state index is 11.6. The highest BCUT2D eigenvalue weighted by molar-refractivity contribution is 14.0. The second-order valence-electron chi connectivity index (χ2n) is 7.21. The molecule has 1 aromatic carbocycles. The van der Waals surface area contributed by atoms with Gasteiger partial charge in [-0.25, -0.2) is 0 Å². The molecule has 1 saturated carbocycles. The van der Waals surface area contributed by atoms with Gasteiger partial charge in [0.25, 0.3) is 5.91 Å². The number of rotatable bonds is 8. The average molecular weight is 488 g/mol. The average Bonchev–Trinajstić information content (AvgIpc) is 2.61. The highest BCUT2D eigenvalue weighted by Crippen LogP contribution is 2.42. The molecule has 1 aliphatic rings. The normalized spacial score (nSPS) is 15.2. The summed E-state index contributed by atoms with van der Waals surface area (Å²) in [6.07, 6.45) is 5.16. The topological polar surface area (TPSA) is 66.0 Å². The molecule has 0 spiro atoms. The van der Waals surface area contributed by atoms with Crippen LogP contribution in [0.5, 0.6) is 5.75 Å². The van der Waals surface area contributed by atoms with Gasteiger partial charge in [-0.1, -0.05) is 25.5 Å². The number of carbonyl (C=O) groups excluding carboxylic acids is 1. The van der Waals surface area contributed by atoms with E-state index in [9.17, 15) is 4.79 Å². The molecule has 0 aromatic heterocycles. The van der Waals surface area contributed by atoms with Crippen LogP contribution in [0.2, 0.25) is 0 Å². The molecule has 0 aliphatic heterocycles. The van der Waals surface area contributed by atoms with Crippen LogP contribution in [0.1, 0.15) is 38.2 Å². The van der Waals surface area contributed by atoms with Crippen LogP contribution in [0.3, 0.4) is 0 Å². The van der Waals surface area contributed by atoms with E-state index in [-0.39, 0.29) is 36.5 Å². The number of benzene rings is 1. The van der Waals surface area contributed by atoms with E-state index >= 15 is 0 Å². The van der Waals surface area contributed by atoms with Crippen molar-refractivity contribution in [3.05, 3.63) is 29.8 Å². The molecule has 0 unspecified atom stereocenters. The zero-order valence-corrected chi connectivity index (χ0v) is 19.2. The Kier molecular flexibility index (Phi) is 9.90. The highest BCUT2D eigenvalue weighted by atomic mass is 127. The Morgan fingerprint density at radius 1 is 1.30 bits per heavy atom. The zero-order chi connectivity index (χ0) is 19.0. The van der Waals surface area contributed by atoms with Crippen LogP contribution < -0.4 is 15.4 Å². The van der Waals surface area contributed by atoms with E-state index in [0.717, 1.165) is 18.1 Å². The SMILES string of the molecule is CCC1(CNC(=NC)NCc2cccc(OCC(=O)N(C)C)c2)CCC1.I. The Balaban J connectivity index is 0.00000364. The molecule has 0 saturated heterocycles. The zero-order valence-electron chi connectivity index (χ0n) is 16.9. The quantitative estimate of drug-likeness (QED) is 0.336. The first-order valence-corrected chi connectivity index (χ1v) is 9.34. The maximum Gasteiger partial charge on any atom is 0.259 e. The van der Waals surface area contributed by atoms with Crippen LogP contribution in [0.15, 0.2) is 29.3 Å². The van der Waals surface area contributed by atoms with Gasteiger partial charge in [0.15, 0.2) is 12.6 Å². The summed E-state index contributed by atoms with van der Waals surface area (Å²) in [6, 6.07) is 7.77. The van der Waals surface area contributed by atoms with Crippen molar-refractivity contribution in [1.29, 1.82) is 0 Å². The van der Waals surface area contributed by atoms with Gasteiger partial charge in [-0.2, -0.15) is 0 Å². The van der Waals surface area contributed by atoms with Gasteiger partial charge in [0.05, 0.1) is 0 Å². The summed E-state index contributed by atoms with van der Waals surface area (Å²) in [5, 5.41) is 6.81. The Morgan fingerprint density at radius 3 is 2.59 bits per heavy atom. The van der Waals surface area contributed by atoms with Crippen molar-refractivity contribution in [3.8, 4) is 5.75 Å². The minimum atomic E-state index is -0.0565. The van der Waals surface area contributed by atoms with Gasteiger partial charge in [-0.15, -0.1) is 24.0 Å². The van der Waals surface area contributed by atoms with Crippen molar-refractivity contribution in [2.45, 2.75) is 39.2 Å². The lowest BCUT2D eigenvalue weighted by molar-refractivity contribution is -0.130. The Labute approximate surface area is 180 Å². The van der Waals surface area contributed by atoms with E-state index in [4.69, 9.17) is 4.74 Å². The largest absolute Gasteiger partial charge is 0.484 e. The lowest BCUT2D eigenvalue weighted by Crippen LogP contribution is -2.46. The minimum absolute atomic E-state index is 0. The van der Waals surface area contributed by atoms with E-state index in [0.29, 0.717) is 17.7 Å². The molecule has 1 fully saturated rings. The summed E-state index contributed by atoms with van der Waals surface area (Å²) >= 11 is 0. The Hall–Kier alpha value is -1.51. The van der Waals surface area contributed by atoms with Crippen LogP contribution >= 0.6 is 24.0 Å². The van der Waals surface area contributed by atoms with Gasteiger partial charge in [0.2, 0.25) is 0 Å². The third-order valence-electron chi connectivity index (χ3n) is 5.24. The summed E-state index contributed by atoms with van der Waals surface area (Å²) < 4.78 is 5.57. The van der Waals surface area contributed by atoms with E-state index in [2.05, 4.69) is 22.5 Å². The standard InChI is InChI=1S/C20H32N4O2.HI/c1-5-20(10-7-11-20)15-23-19(21-2)22-13-16-8-6-9-17(12-16)26-14-18(25)24(3)4;/h6,8-9,12H,5,7,10-11,13-15H2,1-4H3,(H2,21,22,23);1H. The van der Waals surface area contributed by atoms with Gasteiger partial charge < -0.3 is 20.3 Å². The first-order valence-electron chi connectivity index (χ1n) is 9.34. The van der Waals surface area contributed by atoms with Crippen molar-refractivity contribution in [3.63, 3.8) is 0 Å². The van der Waals surface area contributed by atoms with E-state index < -0.39 is 0 Å².